The van der Waals surface area contributed by atoms with Gasteiger partial charge in [0.15, 0.2) is 11.5 Å². The van der Waals surface area contributed by atoms with E-state index in [4.69, 9.17) is 9.47 Å². The zero-order chi connectivity index (χ0) is 15.9. The third-order valence-electron chi connectivity index (χ3n) is 4.63. The highest BCUT2D eigenvalue weighted by Gasteiger charge is 2.25. The Morgan fingerprint density at radius 2 is 1.91 bits per heavy atom. The quantitative estimate of drug-likeness (QED) is 0.813. The zero-order valence-corrected chi connectivity index (χ0v) is 14.0. The molecule has 1 aliphatic carbocycles. The molecule has 0 spiro atoms. The van der Waals surface area contributed by atoms with Crippen molar-refractivity contribution in [1.29, 1.82) is 0 Å². The van der Waals surface area contributed by atoms with Crippen molar-refractivity contribution < 1.29 is 14.6 Å². The van der Waals surface area contributed by atoms with Crippen LogP contribution in [-0.2, 0) is 6.42 Å². The smallest absolute Gasteiger partial charge is 0.160 e. The minimum Gasteiger partial charge on any atom is -0.493 e. The molecule has 1 saturated carbocycles. The molecule has 2 N–H and O–H groups in total. The average molecular weight is 307 g/mol. The SMILES string of the molecule is COc1ccc(C[C@H](C)N[C@H]2CCCC[C@H]2CO)cc1OC. The minimum atomic E-state index is 0.292. The number of rotatable bonds is 7. The Morgan fingerprint density at radius 3 is 2.59 bits per heavy atom. The highest BCUT2D eigenvalue weighted by atomic mass is 16.5. The van der Waals surface area contributed by atoms with E-state index < -0.39 is 0 Å². The summed E-state index contributed by atoms with van der Waals surface area (Å²) < 4.78 is 10.6. The molecule has 124 valence electrons. The topological polar surface area (TPSA) is 50.7 Å². The van der Waals surface area contributed by atoms with E-state index in [2.05, 4.69) is 18.3 Å². The summed E-state index contributed by atoms with van der Waals surface area (Å²) in [5.41, 5.74) is 1.23. The molecule has 1 fully saturated rings. The summed E-state index contributed by atoms with van der Waals surface area (Å²) in [5, 5.41) is 13.2. The number of hydrogen-bond donors (Lipinski definition) is 2. The van der Waals surface area contributed by atoms with Crippen molar-refractivity contribution in [3.63, 3.8) is 0 Å². The number of nitrogens with one attached hydrogen (secondary N) is 1. The van der Waals surface area contributed by atoms with Crippen LogP contribution in [0, 0.1) is 5.92 Å². The first kappa shape index (κ1) is 17.1. The fraction of sp³-hybridized carbons (Fsp3) is 0.667. The van der Waals surface area contributed by atoms with Crippen LogP contribution in [0.4, 0.5) is 0 Å². The second kappa shape index (κ2) is 8.39. The van der Waals surface area contributed by atoms with Gasteiger partial charge in [0.1, 0.15) is 0 Å². The third-order valence-corrected chi connectivity index (χ3v) is 4.63. The van der Waals surface area contributed by atoms with Gasteiger partial charge in [0.25, 0.3) is 0 Å². The molecule has 1 aromatic carbocycles. The lowest BCUT2D eigenvalue weighted by Gasteiger charge is -2.33. The second-order valence-electron chi connectivity index (χ2n) is 6.29. The number of benzene rings is 1. The van der Waals surface area contributed by atoms with Crippen LogP contribution in [0.5, 0.6) is 11.5 Å². The Labute approximate surface area is 133 Å². The molecule has 2 rings (SSSR count). The van der Waals surface area contributed by atoms with Crippen LogP contribution >= 0.6 is 0 Å². The number of aliphatic hydroxyl groups excluding tert-OH is 1. The highest BCUT2D eigenvalue weighted by molar-refractivity contribution is 5.43. The van der Waals surface area contributed by atoms with Crippen molar-refractivity contribution in [3.8, 4) is 11.5 Å². The van der Waals surface area contributed by atoms with E-state index in [9.17, 15) is 5.11 Å². The lowest BCUT2D eigenvalue weighted by Crippen LogP contribution is -2.45. The van der Waals surface area contributed by atoms with E-state index in [1.165, 1.54) is 24.8 Å². The summed E-state index contributed by atoms with van der Waals surface area (Å²) in [5.74, 6) is 1.94. The van der Waals surface area contributed by atoms with Gasteiger partial charge in [0, 0.05) is 18.7 Å². The lowest BCUT2D eigenvalue weighted by atomic mass is 9.84. The van der Waals surface area contributed by atoms with Crippen molar-refractivity contribution in [1.82, 2.24) is 5.32 Å². The summed E-state index contributed by atoms with van der Waals surface area (Å²) in [4.78, 5) is 0. The van der Waals surface area contributed by atoms with Gasteiger partial charge in [-0.1, -0.05) is 18.9 Å². The van der Waals surface area contributed by atoms with E-state index in [-0.39, 0.29) is 0 Å². The number of aliphatic hydroxyl groups is 1. The van der Waals surface area contributed by atoms with E-state index in [1.54, 1.807) is 14.2 Å². The molecule has 0 heterocycles. The maximum Gasteiger partial charge on any atom is 0.160 e. The number of methoxy groups -OCH3 is 2. The van der Waals surface area contributed by atoms with Crippen molar-refractivity contribution in [2.24, 2.45) is 5.92 Å². The van der Waals surface area contributed by atoms with Crippen LogP contribution < -0.4 is 14.8 Å². The molecule has 4 nitrogen and oxygen atoms in total. The van der Waals surface area contributed by atoms with E-state index >= 15 is 0 Å². The van der Waals surface area contributed by atoms with Crippen molar-refractivity contribution in [2.45, 2.75) is 51.1 Å². The molecule has 0 aromatic heterocycles. The molecular weight excluding hydrogens is 278 g/mol. The summed E-state index contributed by atoms with van der Waals surface area (Å²) in [6.07, 6.45) is 5.75. The van der Waals surface area contributed by atoms with Crippen LogP contribution in [-0.4, -0.2) is 38.0 Å². The Kier molecular flexibility index (Phi) is 6.52. The zero-order valence-electron chi connectivity index (χ0n) is 14.0. The molecule has 0 radical (unpaired) electrons. The first-order valence-corrected chi connectivity index (χ1v) is 8.25. The maximum atomic E-state index is 9.52. The van der Waals surface area contributed by atoms with Crippen LogP contribution in [0.3, 0.4) is 0 Å². The summed E-state index contributed by atoms with van der Waals surface area (Å²) >= 11 is 0. The normalized spacial score (nSPS) is 23.1. The first-order valence-electron chi connectivity index (χ1n) is 8.25. The number of ether oxygens (including phenoxy) is 2. The van der Waals surface area contributed by atoms with Gasteiger partial charge in [-0.25, -0.2) is 0 Å². The van der Waals surface area contributed by atoms with Gasteiger partial charge in [-0.05, 0) is 49.8 Å². The van der Waals surface area contributed by atoms with Gasteiger partial charge in [0.2, 0.25) is 0 Å². The molecule has 0 saturated heterocycles. The standard InChI is InChI=1S/C18H29NO3/c1-13(19-16-7-5-4-6-15(16)12-20)10-14-8-9-17(21-2)18(11-14)22-3/h8-9,11,13,15-16,19-20H,4-7,10,12H2,1-3H3/t13-,15-,16-/m0/s1. The van der Waals surface area contributed by atoms with Crippen molar-refractivity contribution in [3.05, 3.63) is 23.8 Å². The molecular formula is C18H29NO3. The van der Waals surface area contributed by atoms with Crippen molar-refractivity contribution in [2.75, 3.05) is 20.8 Å². The fourth-order valence-electron chi connectivity index (χ4n) is 3.43. The second-order valence-corrected chi connectivity index (χ2v) is 6.29. The van der Waals surface area contributed by atoms with Gasteiger partial charge < -0.3 is 19.9 Å². The Bertz CT molecular complexity index is 464. The van der Waals surface area contributed by atoms with Gasteiger partial charge >= 0.3 is 0 Å². The molecule has 0 aliphatic heterocycles. The van der Waals surface area contributed by atoms with Gasteiger partial charge in [-0.2, -0.15) is 0 Å². The largest absolute Gasteiger partial charge is 0.493 e. The Hall–Kier alpha value is -1.26. The van der Waals surface area contributed by atoms with Crippen LogP contribution in [0.2, 0.25) is 0 Å². The summed E-state index contributed by atoms with van der Waals surface area (Å²) in [6, 6.07) is 6.90. The van der Waals surface area contributed by atoms with E-state index in [0.29, 0.717) is 24.6 Å². The molecule has 1 aliphatic rings. The highest BCUT2D eigenvalue weighted by Crippen LogP contribution is 2.28. The lowest BCUT2D eigenvalue weighted by molar-refractivity contribution is 0.147. The third kappa shape index (κ3) is 4.37. The van der Waals surface area contributed by atoms with Crippen molar-refractivity contribution >= 4 is 0 Å². The molecule has 1 aromatic rings. The Morgan fingerprint density at radius 1 is 1.18 bits per heavy atom. The predicted octanol–water partition coefficient (Wildman–Crippen LogP) is 2.78. The van der Waals surface area contributed by atoms with E-state index in [0.717, 1.165) is 24.3 Å². The predicted molar refractivity (Wildman–Crippen MR) is 88.7 cm³/mol. The minimum absolute atomic E-state index is 0.292. The average Bonchev–Trinajstić information content (AvgIpc) is 2.55. The Balaban J connectivity index is 1.95. The van der Waals surface area contributed by atoms with Gasteiger partial charge in [-0.15, -0.1) is 0 Å². The number of hydrogen-bond acceptors (Lipinski definition) is 4. The monoisotopic (exact) mass is 307 g/mol. The molecule has 0 amide bonds. The molecule has 0 unspecified atom stereocenters. The maximum absolute atomic E-state index is 9.52. The summed E-state index contributed by atoms with van der Waals surface area (Å²) in [7, 11) is 3.32. The fourth-order valence-corrected chi connectivity index (χ4v) is 3.43. The van der Waals surface area contributed by atoms with Gasteiger partial charge in [0.05, 0.1) is 14.2 Å². The molecule has 4 heteroatoms. The first-order chi connectivity index (χ1) is 10.7. The van der Waals surface area contributed by atoms with E-state index in [1.807, 2.05) is 12.1 Å². The molecule has 0 bridgehead atoms. The molecule has 22 heavy (non-hydrogen) atoms. The van der Waals surface area contributed by atoms with Crippen LogP contribution in [0.1, 0.15) is 38.2 Å². The van der Waals surface area contributed by atoms with Crippen LogP contribution in [0.25, 0.3) is 0 Å². The van der Waals surface area contributed by atoms with Crippen LogP contribution in [0.15, 0.2) is 18.2 Å². The van der Waals surface area contributed by atoms with Gasteiger partial charge in [-0.3, -0.25) is 0 Å². The summed E-state index contributed by atoms with van der Waals surface area (Å²) in [6.45, 7) is 2.50. The molecule has 3 atom stereocenters.